The van der Waals surface area contributed by atoms with Gasteiger partial charge in [-0.1, -0.05) is 6.07 Å². The number of likely N-dealkylation sites (N-methyl/N-ethyl adjacent to an activating group) is 1. The summed E-state index contributed by atoms with van der Waals surface area (Å²) < 4.78 is 10.8. The Morgan fingerprint density at radius 1 is 1.39 bits per heavy atom. The molecule has 28 heavy (non-hydrogen) atoms. The molecule has 5 atom stereocenters. The summed E-state index contributed by atoms with van der Waals surface area (Å²) in [5.74, 6) is 0.285. The molecule has 1 amide bonds. The van der Waals surface area contributed by atoms with E-state index in [-0.39, 0.29) is 36.3 Å². The van der Waals surface area contributed by atoms with E-state index in [1.54, 1.807) is 19.1 Å². The average molecular weight is 384 g/mol. The Labute approximate surface area is 163 Å². The molecule has 0 aliphatic carbocycles. The largest absolute Gasteiger partial charge is 0.498 e. The predicted molar refractivity (Wildman–Crippen MR) is 101 cm³/mol. The molecule has 148 valence electrons. The molecule has 7 nitrogen and oxygen atoms in total. The van der Waals surface area contributed by atoms with Gasteiger partial charge in [0.1, 0.15) is 18.0 Å². The minimum absolute atomic E-state index is 0.0206. The Bertz CT molecular complexity index is 927. The van der Waals surface area contributed by atoms with Crippen molar-refractivity contribution in [2.45, 2.75) is 42.9 Å². The van der Waals surface area contributed by atoms with Crippen molar-refractivity contribution in [1.29, 1.82) is 0 Å². The van der Waals surface area contributed by atoms with Crippen LogP contribution in [0.15, 0.2) is 30.0 Å². The average Bonchev–Trinajstić information content (AvgIpc) is 3.13. The lowest BCUT2D eigenvalue weighted by molar-refractivity contribution is -0.126. The zero-order chi connectivity index (χ0) is 19.8. The number of hydrogen-bond acceptors (Lipinski definition) is 6. The van der Waals surface area contributed by atoms with E-state index in [2.05, 4.69) is 5.32 Å². The third-order valence-electron chi connectivity index (χ3n) is 7.24. The summed E-state index contributed by atoms with van der Waals surface area (Å²) in [6.45, 7) is 1.62. The van der Waals surface area contributed by atoms with Crippen LogP contribution in [0.5, 0.6) is 5.75 Å². The number of benzene rings is 1. The van der Waals surface area contributed by atoms with Crippen molar-refractivity contribution in [3.63, 3.8) is 0 Å². The van der Waals surface area contributed by atoms with E-state index in [1.165, 1.54) is 13.2 Å². The second-order valence-electron chi connectivity index (χ2n) is 8.41. The monoisotopic (exact) mass is 384 g/mol. The van der Waals surface area contributed by atoms with E-state index < -0.39 is 11.0 Å². The molecule has 2 fully saturated rings. The highest BCUT2D eigenvalue weighted by Gasteiger charge is 2.68. The Hall–Kier alpha value is -2.38. The summed E-state index contributed by atoms with van der Waals surface area (Å²) in [6.07, 6.45) is 2.47. The standard InChI is InChI=1S/C21H24N2O5/c1-11(24)13-9-28-10-21(26)15(13)7-17-20(8-18(21)22-17)14-5-4-12(27-3)6-16(14)23(2)19(20)25/h4-6,9,15,17-18,22,26H,7-8,10H2,1-3H3/t15-,17-,18-,20-,21-/m1/s1. The van der Waals surface area contributed by atoms with Gasteiger partial charge in [0, 0.05) is 36.7 Å². The van der Waals surface area contributed by atoms with Gasteiger partial charge < -0.3 is 24.8 Å². The minimum Gasteiger partial charge on any atom is -0.498 e. The number of rotatable bonds is 2. The first-order valence-electron chi connectivity index (χ1n) is 9.60. The molecule has 1 spiro atoms. The van der Waals surface area contributed by atoms with Gasteiger partial charge in [0.25, 0.3) is 0 Å². The van der Waals surface area contributed by atoms with Gasteiger partial charge in [-0.25, -0.2) is 0 Å². The summed E-state index contributed by atoms with van der Waals surface area (Å²) in [6, 6.07) is 5.24. The second-order valence-corrected chi connectivity index (χ2v) is 8.41. The van der Waals surface area contributed by atoms with Crippen LogP contribution in [0.4, 0.5) is 5.69 Å². The molecule has 1 aromatic rings. The summed E-state index contributed by atoms with van der Waals surface area (Å²) in [7, 11) is 3.39. The molecule has 7 heteroatoms. The van der Waals surface area contributed by atoms with Gasteiger partial charge in [0.05, 0.1) is 24.5 Å². The van der Waals surface area contributed by atoms with Crippen LogP contribution in [0, 0.1) is 5.92 Å². The Morgan fingerprint density at radius 3 is 2.89 bits per heavy atom. The van der Waals surface area contributed by atoms with Crippen molar-refractivity contribution >= 4 is 17.4 Å². The molecular formula is C21H24N2O5. The Kier molecular flexibility index (Phi) is 3.53. The maximum Gasteiger partial charge on any atom is 0.239 e. The second kappa shape index (κ2) is 5.58. The van der Waals surface area contributed by atoms with Crippen molar-refractivity contribution in [1.82, 2.24) is 5.32 Å². The van der Waals surface area contributed by atoms with E-state index in [0.717, 1.165) is 11.3 Å². The summed E-state index contributed by atoms with van der Waals surface area (Å²) in [4.78, 5) is 27.4. The molecular weight excluding hydrogens is 360 g/mol. The van der Waals surface area contributed by atoms with Crippen LogP contribution < -0.4 is 15.0 Å². The van der Waals surface area contributed by atoms with Gasteiger partial charge >= 0.3 is 0 Å². The lowest BCUT2D eigenvalue weighted by Gasteiger charge is -2.47. The first-order chi connectivity index (χ1) is 13.3. The molecule has 4 heterocycles. The van der Waals surface area contributed by atoms with Crippen molar-refractivity contribution in [3.05, 3.63) is 35.6 Å². The molecule has 4 aliphatic heterocycles. The summed E-state index contributed by atoms with van der Waals surface area (Å²) in [5.41, 5.74) is 0.348. The van der Waals surface area contributed by atoms with Crippen LogP contribution in [0.3, 0.4) is 0 Å². The molecule has 0 radical (unpaired) electrons. The van der Waals surface area contributed by atoms with E-state index in [1.807, 2.05) is 18.2 Å². The van der Waals surface area contributed by atoms with Crippen LogP contribution in [-0.4, -0.2) is 55.2 Å². The molecule has 0 unspecified atom stereocenters. The number of ether oxygens (including phenoxy) is 2. The third kappa shape index (κ3) is 1.96. The van der Waals surface area contributed by atoms with Gasteiger partial charge in [-0.15, -0.1) is 0 Å². The van der Waals surface area contributed by atoms with E-state index in [4.69, 9.17) is 9.47 Å². The van der Waals surface area contributed by atoms with Crippen molar-refractivity contribution < 1.29 is 24.2 Å². The fourth-order valence-corrected chi connectivity index (χ4v) is 5.81. The number of nitrogens with zero attached hydrogens (tertiary/aromatic N) is 1. The van der Waals surface area contributed by atoms with Crippen molar-refractivity contribution in [2.75, 3.05) is 25.7 Å². The zero-order valence-corrected chi connectivity index (χ0v) is 16.2. The number of ketones is 1. The maximum absolute atomic E-state index is 13.5. The molecule has 1 aromatic carbocycles. The molecule has 2 saturated heterocycles. The topological polar surface area (TPSA) is 88.1 Å². The number of anilines is 1. The fourth-order valence-electron chi connectivity index (χ4n) is 5.81. The van der Waals surface area contributed by atoms with Crippen LogP contribution in [0.25, 0.3) is 0 Å². The van der Waals surface area contributed by atoms with E-state index >= 15 is 0 Å². The molecule has 0 aromatic heterocycles. The third-order valence-corrected chi connectivity index (χ3v) is 7.24. The molecule has 4 aliphatic rings. The molecule has 2 N–H and O–H groups in total. The predicted octanol–water partition coefficient (Wildman–Crippen LogP) is 0.894. The van der Waals surface area contributed by atoms with E-state index in [9.17, 15) is 14.7 Å². The Balaban J connectivity index is 1.63. The summed E-state index contributed by atoms with van der Waals surface area (Å²) in [5, 5.41) is 15.0. The highest BCUT2D eigenvalue weighted by Crippen LogP contribution is 2.57. The lowest BCUT2D eigenvalue weighted by Crippen LogP contribution is -2.64. The number of methoxy groups -OCH3 is 1. The fraction of sp³-hybridized carbons (Fsp3) is 0.524. The first kappa shape index (κ1) is 17.7. The van der Waals surface area contributed by atoms with Gasteiger partial charge in [-0.05, 0) is 31.4 Å². The van der Waals surface area contributed by atoms with Crippen LogP contribution in [0.2, 0.25) is 0 Å². The number of hydrogen-bond donors (Lipinski definition) is 2. The number of nitrogens with one attached hydrogen (secondary N) is 1. The smallest absolute Gasteiger partial charge is 0.239 e. The maximum atomic E-state index is 13.5. The van der Waals surface area contributed by atoms with Crippen LogP contribution in [-0.2, 0) is 19.7 Å². The van der Waals surface area contributed by atoms with Gasteiger partial charge in [0.15, 0.2) is 5.78 Å². The van der Waals surface area contributed by atoms with Crippen molar-refractivity contribution in [3.8, 4) is 5.75 Å². The normalized spacial score (nSPS) is 38.0. The quantitative estimate of drug-likeness (QED) is 0.788. The van der Waals surface area contributed by atoms with Gasteiger partial charge in [-0.3, -0.25) is 9.59 Å². The van der Waals surface area contributed by atoms with Gasteiger partial charge in [0.2, 0.25) is 5.91 Å². The number of amides is 1. The summed E-state index contributed by atoms with van der Waals surface area (Å²) >= 11 is 0. The molecule has 2 bridgehead atoms. The highest BCUT2D eigenvalue weighted by molar-refractivity contribution is 6.09. The minimum atomic E-state index is -1.20. The lowest BCUT2D eigenvalue weighted by atomic mass is 9.70. The number of carbonyl (C=O) groups is 2. The van der Waals surface area contributed by atoms with Crippen LogP contribution in [0.1, 0.15) is 25.3 Å². The van der Waals surface area contributed by atoms with Crippen LogP contribution >= 0.6 is 0 Å². The molecule has 5 rings (SSSR count). The first-order valence-corrected chi connectivity index (χ1v) is 9.60. The zero-order valence-electron chi connectivity index (χ0n) is 16.2. The molecule has 0 saturated carbocycles. The van der Waals surface area contributed by atoms with E-state index in [0.29, 0.717) is 24.2 Å². The number of Topliss-reactive ketones (excluding diaryl/α,β-unsaturated/α-hetero) is 1. The number of fused-ring (bicyclic) bond motifs is 7. The van der Waals surface area contributed by atoms with Crippen molar-refractivity contribution in [2.24, 2.45) is 5.92 Å². The SMILES string of the molecule is COc1ccc2c(c1)N(C)C(=O)[C@]21C[C@H]2N[C@@H]1C[C@@H]1C(C(C)=O)=COC[C@@]12O. The number of carbonyl (C=O) groups excluding carboxylic acids is 2. The Morgan fingerprint density at radius 2 is 2.18 bits per heavy atom. The highest BCUT2D eigenvalue weighted by atomic mass is 16.5. The van der Waals surface area contributed by atoms with Gasteiger partial charge in [-0.2, -0.15) is 0 Å². The number of aliphatic hydroxyl groups is 1. The number of piperidine rings is 1.